The Morgan fingerprint density at radius 2 is 2.05 bits per heavy atom. The minimum Gasteiger partial charge on any atom is -0.383 e. The number of nitrogen functional groups attached to an aromatic ring is 1. The lowest BCUT2D eigenvalue weighted by Gasteiger charge is -2.05. The molecule has 0 bridgehead atoms. The predicted octanol–water partition coefficient (Wildman–Crippen LogP) is 2.70. The largest absolute Gasteiger partial charge is 0.383 e. The summed E-state index contributed by atoms with van der Waals surface area (Å²) in [4.78, 5) is 12.3. The molecule has 3 rings (SSSR count). The molecule has 6 nitrogen and oxygen atoms in total. The van der Waals surface area contributed by atoms with Crippen LogP contribution in [0.3, 0.4) is 0 Å². The van der Waals surface area contributed by atoms with Gasteiger partial charge in [-0.1, -0.05) is 11.6 Å². The van der Waals surface area contributed by atoms with Gasteiger partial charge in [0.15, 0.2) is 5.65 Å². The van der Waals surface area contributed by atoms with Crippen LogP contribution in [0.5, 0.6) is 0 Å². The van der Waals surface area contributed by atoms with Crippen LogP contribution in [-0.2, 0) is 0 Å². The number of nitrogens with two attached hydrogens (primary N) is 1. The van der Waals surface area contributed by atoms with Crippen LogP contribution >= 0.6 is 11.6 Å². The van der Waals surface area contributed by atoms with Crippen LogP contribution in [0.15, 0.2) is 24.7 Å². The summed E-state index contributed by atoms with van der Waals surface area (Å²) in [5, 5.41) is 5.76. The molecular weight excluding hydrogens is 276 g/mol. The number of aromatic nitrogens is 5. The average molecular weight is 289 g/mol. The van der Waals surface area contributed by atoms with Crippen molar-refractivity contribution in [1.29, 1.82) is 0 Å². The highest BCUT2D eigenvalue weighted by Gasteiger charge is 2.18. The van der Waals surface area contributed by atoms with Gasteiger partial charge in [0.25, 0.3) is 0 Å². The maximum atomic E-state index is 5.99. The summed E-state index contributed by atoms with van der Waals surface area (Å²) >= 11 is 5.95. The molecule has 0 aliphatic carbocycles. The SMILES string of the molecule is CC(C)n1nc(-c2ccnc(Cl)c2)c2c(N)ncnc21. The third kappa shape index (κ3) is 1.98. The van der Waals surface area contributed by atoms with Crippen LogP contribution in [0, 0.1) is 0 Å². The van der Waals surface area contributed by atoms with E-state index in [4.69, 9.17) is 17.3 Å². The number of nitrogens with zero attached hydrogens (tertiary/aromatic N) is 5. The number of hydrogen-bond donors (Lipinski definition) is 1. The fraction of sp³-hybridized carbons (Fsp3) is 0.231. The van der Waals surface area contributed by atoms with Crippen molar-refractivity contribution in [3.63, 3.8) is 0 Å². The lowest BCUT2D eigenvalue weighted by atomic mass is 10.1. The molecule has 0 radical (unpaired) electrons. The van der Waals surface area contributed by atoms with Gasteiger partial charge in [-0.3, -0.25) is 0 Å². The fourth-order valence-electron chi connectivity index (χ4n) is 2.11. The van der Waals surface area contributed by atoms with Crippen molar-refractivity contribution >= 4 is 28.5 Å². The molecule has 0 saturated carbocycles. The second kappa shape index (κ2) is 4.72. The second-order valence-corrected chi connectivity index (χ2v) is 5.10. The first kappa shape index (κ1) is 12.8. The van der Waals surface area contributed by atoms with Gasteiger partial charge in [-0.2, -0.15) is 5.10 Å². The van der Waals surface area contributed by atoms with Crippen molar-refractivity contribution in [2.24, 2.45) is 0 Å². The van der Waals surface area contributed by atoms with Crippen LogP contribution in [-0.4, -0.2) is 24.7 Å². The van der Waals surface area contributed by atoms with Crippen LogP contribution in [0.25, 0.3) is 22.3 Å². The molecule has 0 amide bonds. The molecule has 0 aliphatic heterocycles. The number of anilines is 1. The van der Waals surface area contributed by atoms with Crippen molar-refractivity contribution in [2.45, 2.75) is 19.9 Å². The molecule has 3 heterocycles. The fourth-order valence-corrected chi connectivity index (χ4v) is 2.28. The van der Waals surface area contributed by atoms with Crippen molar-refractivity contribution < 1.29 is 0 Å². The molecule has 0 spiro atoms. The Balaban J connectivity index is 2.36. The number of halogens is 1. The van der Waals surface area contributed by atoms with Crippen LogP contribution < -0.4 is 5.73 Å². The smallest absolute Gasteiger partial charge is 0.164 e. The van der Waals surface area contributed by atoms with Gasteiger partial charge in [0.2, 0.25) is 0 Å². The zero-order chi connectivity index (χ0) is 14.3. The van der Waals surface area contributed by atoms with Crippen molar-refractivity contribution in [3.05, 3.63) is 29.8 Å². The van der Waals surface area contributed by atoms with E-state index in [1.807, 2.05) is 24.6 Å². The molecule has 0 aliphatic rings. The van der Waals surface area contributed by atoms with Crippen molar-refractivity contribution in [3.8, 4) is 11.3 Å². The monoisotopic (exact) mass is 288 g/mol. The minimum absolute atomic E-state index is 0.165. The molecule has 3 aromatic rings. The number of pyridine rings is 1. The van der Waals surface area contributed by atoms with Gasteiger partial charge >= 0.3 is 0 Å². The van der Waals surface area contributed by atoms with Gasteiger partial charge in [-0.25, -0.2) is 19.6 Å². The maximum absolute atomic E-state index is 5.99. The highest BCUT2D eigenvalue weighted by molar-refractivity contribution is 6.29. The molecule has 0 fully saturated rings. The molecule has 0 unspecified atom stereocenters. The summed E-state index contributed by atoms with van der Waals surface area (Å²) in [6, 6.07) is 3.75. The molecule has 3 aromatic heterocycles. The van der Waals surface area contributed by atoms with Gasteiger partial charge < -0.3 is 5.73 Å². The molecule has 2 N–H and O–H groups in total. The van der Waals surface area contributed by atoms with E-state index in [9.17, 15) is 0 Å². The predicted molar refractivity (Wildman–Crippen MR) is 78.4 cm³/mol. The summed E-state index contributed by atoms with van der Waals surface area (Å²) in [7, 11) is 0. The van der Waals surface area contributed by atoms with Gasteiger partial charge in [0, 0.05) is 17.8 Å². The summed E-state index contributed by atoms with van der Waals surface area (Å²) in [6.45, 7) is 4.07. The Morgan fingerprint density at radius 3 is 2.75 bits per heavy atom. The van der Waals surface area contributed by atoms with Crippen LogP contribution in [0.4, 0.5) is 5.82 Å². The normalized spacial score (nSPS) is 11.4. The third-order valence-corrected chi connectivity index (χ3v) is 3.21. The number of rotatable bonds is 2. The quantitative estimate of drug-likeness (QED) is 0.733. The van der Waals surface area contributed by atoms with Gasteiger partial charge in [-0.15, -0.1) is 0 Å². The van der Waals surface area contributed by atoms with E-state index in [1.165, 1.54) is 6.33 Å². The first-order chi connectivity index (χ1) is 9.58. The first-order valence-electron chi connectivity index (χ1n) is 6.18. The standard InChI is InChI=1S/C13H13ClN6/c1-7(2)20-13-10(12(15)17-6-18-13)11(19-20)8-3-4-16-9(14)5-8/h3-7H,1-2H3,(H2,15,17,18). The molecule has 0 saturated heterocycles. The topological polar surface area (TPSA) is 82.5 Å². The van der Waals surface area contributed by atoms with E-state index in [-0.39, 0.29) is 6.04 Å². The van der Waals surface area contributed by atoms with E-state index >= 15 is 0 Å². The Bertz CT molecular complexity index is 780. The number of hydrogen-bond acceptors (Lipinski definition) is 5. The lowest BCUT2D eigenvalue weighted by Crippen LogP contribution is -2.04. The molecule has 0 atom stereocenters. The van der Waals surface area contributed by atoms with E-state index in [0.29, 0.717) is 11.0 Å². The Morgan fingerprint density at radius 1 is 1.25 bits per heavy atom. The Labute approximate surface area is 120 Å². The highest BCUT2D eigenvalue weighted by Crippen LogP contribution is 2.31. The van der Waals surface area contributed by atoms with E-state index in [1.54, 1.807) is 12.3 Å². The van der Waals surface area contributed by atoms with Gasteiger partial charge in [0.1, 0.15) is 23.0 Å². The summed E-state index contributed by atoms with van der Waals surface area (Å²) < 4.78 is 1.83. The minimum atomic E-state index is 0.165. The molecule has 20 heavy (non-hydrogen) atoms. The first-order valence-corrected chi connectivity index (χ1v) is 6.56. The average Bonchev–Trinajstić information content (AvgIpc) is 2.80. The Kier molecular flexibility index (Phi) is 3.02. The van der Waals surface area contributed by atoms with Crippen LogP contribution in [0.2, 0.25) is 5.15 Å². The van der Waals surface area contributed by atoms with Crippen molar-refractivity contribution in [1.82, 2.24) is 24.7 Å². The summed E-state index contributed by atoms with van der Waals surface area (Å²) in [5.41, 5.74) is 8.27. The third-order valence-electron chi connectivity index (χ3n) is 3.01. The molecule has 0 aromatic carbocycles. The van der Waals surface area contributed by atoms with E-state index in [0.717, 1.165) is 22.3 Å². The van der Waals surface area contributed by atoms with E-state index < -0.39 is 0 Å². The van der Waals surface area contributed by atoms with E-state index in [2.05, 4.69) is 20.1 Å². The zero-order valence-corrected chi connectivity index (χ0v) is 11.8. The maximum Gasteiger partial charge on any atom is 0.164 e. The molecule has 7 heteroatoms. The molecule has 102 valence electrons. The highest BCUT2D eigenvalue weighted by atomic mass is 35.5. The second-order valence-electron chi connectivity index (χ2n) is 4.71. The van der Waals surface area contributed by atoms with Gasteiger partial charge in [0.05, 0.1) is 5.39 Å². The van der Waals surface area contributed by atoms with Gasteiger partial charge in [-0.05, 0) is 26.0 Å². The summed E-state index contributed by atoms with van der Waals surface area (Å²) in [6.07, 6.45) is 3.08. The Hall–Kier alpha value is -2.21. The lowest BCUT2D eigenvalue weighted by molar-refractivity contribution is 0.548. The summed E-state index contributed by atoms with van der Waals surface area (Å²) in [5.74, 6) is 0.407. The van der Waals surface area contributed by atoms with Crippen molar-refractivity contribution in [2.75, 3.05) is 5.73 Å². The van der Waals surface area contributed by atoms with Crippen LogP contribution in [0.1, 0.15) is 19.9 Å². The zero-order valence-electron chi connectivity index (χ0n) is 11.1. The molecular formula is C13H13ClN6. The number of fused-ring (bicyclic) bond motifs is 1.